The summed E-state index contributed by atoms with van der Waals surface area (Å²) < 4.78 is 41.2. The molecular weight excluding hydrogens is 323 g/mol. The van der Waals surface area contributed by atoms with E-state index in [0.29, 0.717) is 5.69 Å². The quantitative estimate of drug-likeness (QED) is 0.879. The van der Waals surface area contributed by atoms with E-state index in [4.69, 9.17) is 0 Å². The summed E-state index contributed by atoms with van der Waals surface area (Å²) in [5.41, 5.74) is -2.05. The van der Waals surface area contributed by atoms with Gasteiger partial charge in [-0.3, -0.25) is 4.79 Å². The molecule has 0 saturated heterocycles. The minimum Gasteiger partial charge on any atom is -0.374 e. The van der Waals surface area contributed by atoms with Crippen LogP contribution in [0.1, 0.15) is 24.7 Å². The van der Waals surface area contributed by atoms with E-state index in [1.165, 1.54) is 13.2 Å². The molecule has 130 valence electrons. The Morgan fingerprint density at radius 2 is 2.08 bits per heavy atom. The fraction of sp³-hybridized carbons (Fsp3) is 0.375. The monoisotopic (exact) mass is 341 g/mol. The zero-order valence-electron chi connectivity index (χ0n) is 13.3. The minimum atomic E-state index is -5.05. The van der Waals surface area contributed by atoms with Gasteiger partial charge in [0.15, 0.2) is 5.82 Å². The summed E-state index contributed by atoms with van der Waals surface area (Å²) >= 11 is 0. The third-order valence-electron chi connectivity index (χ3n) is 3.70. The average Bonchev–Trinajstić information content (AvgIpc) is 2.92. The van der Waals surface area contributed by atoms with Gasteiger partial charge in [-0.15, -0.1) is 0 Å². The van der Waals surface area contributed by atoms with E-state index in [2.05, 4.69) is 10.3 Å². The second kappa shape index (κ2) is 6.64. The Morgan fingerprint density at radius 3 is 2.62 bits per heavy atom. The molecule has 8 heteroatoms. The first kappa shape index (κ1) is 18.0. The summed E-state index contributed by atoms with van der Waals surface area (Å²) in [5, 5.41) is 12.6. The summed E-state index contributed by atoms with van der Waals surface area (Å²) in [7, 11) is 1.32. The smallest absolute Gasteiger partial charge is 0.374 e. The van der Waals surface area contributed by atoms with Gasteiger partial charge in [0.1, 0.15) is 0 Å². The van der Waals surface area contributed by atoms with Gasteiger partial charge in [0.25, 0.3) is 0 Å². The topological polar surface area (TPSA) is 67.2 Å². The lowest BCUT2D eigenvalue weighted by Crippen LogP contribution is -2.46. The number of aliphatic hydroxyl groups is 1. The van der Waals surface area contributed by atoms with E-state index in [-0.39, 0.29) is 0 Å². The number of carbonyl (C=O) groups excluding carboxylic acids is 1. The highest BCUT2D eigenvalue weighted by atomic mass is 19.4. The molecule has 1 atom stereocenters. The van der Waals surface area contributed by atoms with Gasteiger partial charge < -0.3 is 15.0 Å². The van der Waals surface area contributed by atoms with Crippen molar-refractivity contribution in [2.75, 3.05) is 5.32 Å². The third kappa shape index (κ3) is 3.59. The van der Waals surface area contributed by atoms with E-state index in [0.717, 1.165) is 22.7 Å². The fourth-order valence-electron chi connectivity index (χ4n) is 2.38. The molecule has 0 bridgehead atoms. The van der Waals surface area contributed by atoms with Gasteiger partial charge in [-0.1, -0.05) is 19.1 Å². The molecule has 0 unspecified atom stereocenters. The van der Waals surface area contributed by atoms with Crippen molar-refractivity contribution in [3.63, 3.8) is 0 Å². The van der Waals surface area contributed by atoms with Crippen LogP contribution in [-0.2, 0) is 23.9 Å². The number of benzene rings is 1. The van der Waals surface area contributed by atoms with E-state index in [9.17, 15) is 23.1 Å². The number of rotatable bonds is 5. The maximum Gasteiger partial charge on any atom is 0.425 e. The predicted octanol–water partition coefficient (Wildman–Crippen LogP) is 2.76. The molecule has 2 aromatic rings. The van der Waals surface area contributed by atoms with Crippen molar-refractivity contribution in [3.8, 4) is 0 Å². The highest BCUT2D eigenvalue weighted by Crippen LogP contribution is 2.40. The molecule has 0 saturated carbocycles. The number of aromatic nitrogens is 2. The molecule has 2 rings (SSSR count). The van der Waals surface area contributed by atoms with Crippen molar-refractivity contribution in [2.24, 2.45) is 7.05 Å². The Labute approximate surface area is 137 Å². The number of alkyl halides is 3. The van der Waals surface area contributed by atoms with Crippen molar-refractivity contribution in [2.45, 2.75) is 31.5 Å². The number of aryl methyl sites for hydroxylation is 2. The van der Waals surface area contributed by atoms with E-state index in [1.54, 1.807) is 18.2 Å². The van der Waals surface area contributed by atoms with Crippen LogP contribution >= 0.6 is 0 Å². The van der Waals surface area contributed by atoms with Crippen molar-refractivity contribution in [1.82, 2.24) is 9.55 Å². The molecule has 0 fully saturated rings. The highest BCUT2D eigenvalue weighted by Gasteiger charge is 2.58. The van der Waals surface area contributed by atoms with E-state index in [1.807, 2.05) is 13.0 Å². The van der Waals surface area contributed by atoms with Crippen LogP contribution in [0.3, 0.4) is 0 Å². The first-order valence-electron chi connectivity index (χ1n) is 7.33. The van der Waals surface area contributed by atoms with Gasteiger partial charge in [0, 0.05) is 25.1 Å². The number of nitrogens with zero attached hydrogens (tertiary/aromatic N) is 2. The number of halogens is 3. The van der Waals surface area contributed by atoms with Crippen molar-refractivity contribution in [1.29, 1.82) is 0 Å². The molecule has 0 aliphatic carbocycles. The lowest BCUT2D eigenvalue weighted by molar-refractivity contribution is -0.270. The molecule has 0 radical (unpaired) electrons. The largest absolute Gasteiger partial charge is 0.425 e. The number of hydrogen-bond acceptors (Lipinski definition) is 3. The second-order valence-electron chi connectivity index (χ2n) is 5.50. The lowest BCUT2D eigenvalue weighted by atomic mass is 9.97. The predicted molar refractivity (Wildman–Crippen MR) is 82.2 cm³/mol. The van der Waals surface area contributed by atoms with E-state index >= 15 is 0 Å². The Balaban J connectivity index is 2.24. The summed E-state index contributed by atoms with van der Waals surface area (Å²) in [4.78, 5) is 15.6. The van der Waals surface area contributed by atoms with Crippen molar-refractivity contribution >= 4 is 11.6 Å². The van der Waals surface area contributed by atoms with Crippen LogP contribution in [0.5, 0.6) is 0 Å². The van der Waals surface area contributed by atoms with Crippen LogP contribution in [0.15, 0.2) is 36.7 Å². The molecular formula is C16H18F3N3O2. The van der Waals surface area contributed by atoms with Gasteiger partial charge in [0.2, 0.25) is 11.5 Å². The summed E-state index contributed by atoms with van der Waals surface area (Å²) in [5.74, 6) is -1.58. The van der Waals surface area contributed by atoms with Crippen LogP contribution in [0.25, 0.3) is 0 Å². The molecule has 0 aliphatic heterocycles. The van der Waals surface area contributed by atoms with Crippen LogP contribution < -0.4 is 5.32 Å². The lowest BCUT2D eigenvalue weighted by Gasteiger charge is -2.29. The standard InChI is InChI=1S/C16H18F3N3O2/c1-3-11-5-4-6-12(9-11)21-13(23)10-15(24,16(17,18)19)14-20-7-8-22(14)2/h4-9,24H,3,10H2,1-2H3,(H,21,23)/t15-/m0/s1. The Morgan fingerprint density at radius 1 is 1.38 bits per heavy atom. The molecule has 1 amide bonds. The first-order valence-corrected chi connectivity index (χ1v) is 7.33. The molecule has 5 nitrogen and oxygen atoms in total. The molecule has 2 N–H and O–H groups in total. The number of nitrogens with one attached hydrogen (secondary N) is 1. The fourth-order valence-corrected chi connectivity index (χ4v) is 2.38. The molecule has 1 heterocycles. The summed E-state index contributed by atoms with van der Waals surface area (Å²) in [6, 6.07) is 6.79. The molecule has 1 aromatic carbocycles. The Bertz CT molecular complexity index is 727. The average molecular weight is 341 g/mol. The zero-order chi connectivity index (χ0) is 18.0. The summed E-state index contributed by atoms with van der Waals surface area (Å²) in [6.07, 6.45) is -3.10. The second-order valence-corrected chi connectivity index (χ2v) is 5.50. The number of hydrogen-bond donors (Lipinski definition) is 2. The molecule has 24 heavy (non-hydrogen) atoms. The number of anilines is 1. The van der Waals surface area contributed by atoms with Crippen LogP contribution in [-0.4, -0.2) is 26.7 Å². The SMILES string of the molecule is CCc1cccc(NC(=O)C[C@](O)(c2nccn2C)C(F)(F)F)c1. The van der Waals surface area contributed by atoms with Crippen LogP contribution in [0.4, 0.5) is 18.9 Å². The van der Waals surface area contributed by atoms with Gasteiger partial charge in [-0.25, -0.2) is 4.98 Å². The van der Waals surface area contributed by atoms with Gasteiger partial charge in [0.05, 0.1) is 6.42 Å². The van der Waals surface area contributed by atoms with Crippen molar-refractivity contribution < 1.29 is 23.1 Å². The van der Waals surface area contributed by atoms with Crippen molar-refractivity contribution in [3.05, 3.63) is 48.0 Å². The Hall–Kier alpha value is -2.35. The minimum absolute atomic E-state index is 0.378. The molecule has 0 spiro atoms. The van der Waals surface area contributed by atoms with Crippen LogP contribution in [0.2, 0.25) is 0 Å². The maximum atomic E-state index is 13.4. The van der Waals surface area contributed by atoms with Gasteiger partial charge in [-0.05, 0) is 24.1 Å². The first-order chi connectivity index (χ1) is 11.2. The Kier molecular flexibility index (Phi) is 4.98. The number of amides is 1. The normalized spacial score (nSPS) is 14.2. The van der Waals surface area contributed by atoms with Crippen LogP contribution in [0, 0.1) is 0 Å². The van der Waals surface area contributed by atoms with Gasteiger partial charge >= 0.3 is 6.18 Å². The van der Waals surface area contributed by atoms with Gasteiger partial charge in [-0.2, -0.15) is 13.2 Å². The highest BCUT2D eigenvalue weighted by molar-refractivity contribution is 5.91. The summed E-state index contributed by atoms with van der Waals surface area (Å²) in [6.45, 7) is 1.92. The molecule has 0 aliphatic rings. The maximum absolute atomic E-state index is 13.4. The third-order valence-corrected chi connectivity index (χ3v) is 3.70. The number of imidazole rings is 1. The zero-order valence-corrected chi connectivity index (χ0v) is 13.3. The molecule has 1 aromatic heterocycles. The van der Waals surface area contributed by atoms with E-state index < -0.39 is 29.9 Å². The number of carbonyl (C=O) groups is 1.